The Morgan fingerprint density at radius 2 is 1.97 bits per heavy atom. The van der Waals surface area contributed by atoms with Gasteiger partial charge in [0.05, 0.1) is 28.8 Å². The first kappa shape index (κ1) is 18.9. The second kappa shape index (κ2) is 7.64. The maximum atomic E-state index is 12.1. The molecular weight excluding hydrogens is 390 g/mol. The van der Waals surface area contributed by atoms with Gasteiger partial charge in [0.2, 0.25) is 5.91 Å². The van der Waals surface area contributed by atoms with Crippen LogP contribution in [0.4, 0.5) is 5.69 Å². The second-order valence-corrected chi connectivity index (χ2v) is 7.92. The van der Waals surface area contributed by atoms with E-state index in [0.29, 0.717) is 18.0 Å². The number of fused-ring (bicyclic) bond motifs is 2. The average Bonchev–Trinajstić information content (AvgIpc) is 3.36. The van der Waals surface area contributed by atoms with Gasteiger partial charge in [0.1, 0.15) is 11.2 Å². The van der Waals surface area contributed by atoms with Crippen molar-refractivity contribution in [3.63, 3.8) is 0 Å². The van der Waals surface area contributed by atoms with Gasteiger partial charge < -0.3 is 10.3 Å². The molecule has 5 aromatic rings. The summed E-state index contributed by atoms with van der Waals surface area (Å²) < 4.78 is 0. The highest BCUT2D eigenvalue weighted by atomic mass is 16.1. The van der Waals surface area contributed by atoms with Crippen LogP contribution in [0.1, 0.15) is 20.3 Å². The molecule has 0 aliphatic carbocycles. The number of aromatic nitrogens is 6. The fourth-order valence-electron chi connectivity index (χ4n) is 3.58. The largest absolute Gasteiger partial charge is 0.353 e. The van der Waals surface area contributed by atoms with Gasteiger partial charge in [-0.2, -0.15) is 5.10 Å². The Labute approximate surface area is 178 Å². The van der Waals surface area contributed by atoms with Crippen LogP contribution in [0.3, 0.4) is 0 Å². The lowest BCUT2D eigenvalue weighted by Crippen LogP contribution is -2.13. The first-order chi connectivity index (χ1) is 15.1. The van der Waals surface area contributed by atoms with Crippen LogP contribution >= 0.6 is 0 Å². The van der Waals surface area contributed by atoms with E-state index in [9.17, 15) is 4.79 Å². The number of nitrogens with one attached hydrogen (secondary N) is 3. The number of pyridine rings is 3. The lowest BCUT2D eigenvalue weighted by atomic mass is 10.1. The van der Waals surface area contributed by atoms with Gasteiger partial charge in [0.15, 0.2) is 0 Å². The summed E-state index contributed by atoms with van der Waals surface area (Å²) in [4.78, 5) is 28.8. The molecule has 0 saturated carbocycles. The minimum atomic E-state index is -0.0252. The average molecular weight is 411 g/mol. The van der Waals surface area contributed by atoms with Gasteiger partial charge in [0.25, 0.3) is 0 Å². The predicted molar refractivity (Wildman–Crippen MR) is 120 cm³/mol. The van der Waals surface area contributed by atoms with Crippen molar-refractivity contribution in [2.45, 2.75) is 20.3 Å². The van der Waals surface area contributed by atoms with Crippen molar-refractivity contribution in [1.82, 2.24) is 30.1 Å². The zero-order valence-electron chi connectivity index (χ0n) is 17.2. The van der Waals surface area contributed by atoms with Crippen molar-refractivity contribution in [2.24, 2.45) is 5.92 Å². The number of amides is 1. The lowest BCUT2D eigenvalue weighted by molar-refractivity contribution is -0.116. The van der Waals surface area contributed by atoms with Crippen LogP contribution in [0.5, 0.6) is 0 Å². The molecule has 5 aromatic heterocycles. The van der Waals surface area contributed by atoms with Crippen molar-refractivity contribution in [1.29, 1.82) is 0 Å². The molecule has 0 bridgehead atoms. The Morgan fingerprint density at radius 1 is 1.06 bits per heavy atom. The molecule has 0 spiro atoms. The number of hydrogen-bond donors (Lipinski definition) is 3. The number of aromatic amines is 2. The van der Waals surface area contributed by atoms with Crippen LogP contribution in [0.15, 0.2) is 55.1 Å². The Hall–Kier alpha value is -4.07. The van der Waals surface area contributed by atoms with Gasteiger partial charge in [-0.25, -0.2) is 4.98 Å². The fraction of sp³-hybridized carbons (Fsp3) is 0.174. The van der Waals surface area contributed by atoms with Crippen LogP contribution in [0.2, 0.25) is 0 Å². The molecule has 0 unspecified atom stereocenters. The van der Waals surface area contributed by atoms with Crippen molar-refractivity contribution in [2.75, 3.05) is 5.32 Å². The molecule has 5 rings (SSSR count). The fourth-order valence-corrected chi connectivity index (χ4v) is 3.58. The van der Waals surface area contributed by atoms with Crippen molar-refractivity contribution < 1.29 is 4.79 Å². The minimum Gasteiger partial charge on any atom is -0.353 e. The van der Waals surface area contributed by atoms with Crippen LogP contribution in [0.25, 0.3) is 44.6 Å². The molecule has 0 fully saturated rings. The van der Waals surface area contributed by atoms with Crippen molar-refractivity contribution >= 4 is 33.5 Å². The van der Waals surface area contributed by atoms with Crippen LogP contribution in [-0.4, -0.2) is 36.0 Å². The van der Waals surface area contributed by atoms with E-state index in [0.717, 1.165) is 44.6 Å². The lowest BCUT2D eigenvalue weighted by Gasteiger charge is -2.08. The van der Waals surface area contributed by atoms with Gasteiger partial charge in [0, 0.05) is 41.5 Å². The molecule has 0 aliphatic rings. The normalized spacial score (nSPS) is 11.5. The van der Waals surface area contributed by atoms with Gasteiger partial charge in [-0.05, 0) is 36.2 Å². The van der Waals surface area contributed by atoms with Gasteiger partial charge in [-0.3, -0.25) is 19.9 Å². The van der Waals surface area contributed by atoms with E-state index in [1.165, 1.54) is 0 Å². The molecule has 1 amide bonds. The first-order valence-electron chi connectivity index (χ1n) is 10.1. The third-order valence-corrected chi connectivity index (χ3v) is 5.00. The zero-order chi connectivity index (χ0) is 21.4. The van der Waals surface area contributed by atoms with Crippen molar-refractivity contribution in [3.05, 3.63) is 55.1 Å². The van der Waals surface area contributed by atoms with Crippen LogP contribution < -0.4 is 5.32 Å². The third kappa shape index (κ3) is 3.75. The summed E-state index contributed by atoms with van der Waals surface area (Å²) in [7, 11) is 0. The van der Waals surface area contributed by atoms with E-state index in [4.69, 9.17) is 4.98 Å². The Kier molecular flexibility index (Phi) is 4.66. The topological polar surface area (TPSA) is 112 Å². The number of nitrogens with zero attached hydrogens (tertiary/aromatic N) is 4. The molecule has 8 heteroatoms. The molecule has 31 heavy (non-hydrogen) atoms. The summed E-state index contributed by atoms with van der Waals surface area (Å²) in [6.07, 6.45) is 7.41. The minimum absolute atomic E-state index is 0.0252. The molecule has 3 N–H and O–H groups in total. The summed E-state index contributed by atoms with van der Waals surface area (Å²) >= 11 is 0. The highest BCUT2D eigenvalue weighted by Gasteiger charge is 2.14. The molecule has 0 radical (unpaired) electrons. The van der Waals surface area contributed by atoms with E-state index in [-0.39, 0.29) is 5.91 Å². The standard InChI is InChI=1S/C23H21N7O/c1-13(2)7-21(31)26-16-8-14(11-25-12-16)17-3-4-19-22(28-17)23(30-29-19)20-9-15-10-24-6-5-18(15)27-20/h3-6,8-13,27H,7H2,1-2H3,(H,26,31)(H,29,30). The van der Waals surface area contributed by atoms with E-state index in [1.807, 2.05) is 50.4 Å². The molecule has 8 nitrogen and oxygen atoms in total. The smallest absolute Gasteiger partial charge is 0.224 e. The monoisotopic (exact) mass is 411 g/mol. The molecular formula is C23H21N7O. The van der Waals surface area contributed by atoms with E-state index in [2.05, 4.69) is 30.5 Å². The van der Waals surface area contributed by atoms with Crippen molar-refractivity contribution in [3.8, 4) is 22.6 Å². The number of H-pyrrole nitrogens is 2. The summed E-state index contributed by atoms with van der Waals surface area (Å²) in [5.74, 6) is 0.267. The number of carbonyl (C=O) groups is 1. The molecule has 0 aromatic carbocycles. The van der Waals surface area contributed by atoms with Gasteiger partial charge in [-0.15, -0.1) is 0 Å². The quantitative estimate of drug-likeness (QED) is 0.393. The third-order valence-electron chi connectivity index (χ3n) is 5.00. The van der Waals surface area contributed by atoms with E-state index < -0.39 is 0 Å². The van der Waals surface area contributed by atoms with Crippen LogP contribution in [-0.2, 0) is 4.79 Å². The molecule has 5 heterocycles. The van der Waals surface area contributed by atoms with Crippen LogP contribution in [0, 0.1) is 5.92 Å². The summed E-state index contributed by atoms with van der Waals surface area (Å²) in [6, 6.07) is 9.68. The zero-order valence-corrected chi connectivity index (χ0v) is 17.2. The van der Waals surface area contributed by atoms with E-state index >= 15 is 0 Å². The molecule has 0 saturated heterocycles. The Balaban J connectivity index is 1.51. The molecule has 0 aliphatic heterocycles. The molecule has 0 atom stereocenters. The second-order valence-electron chi connectivity index (χ2n) is 7.92. The SMILES string of the molecule is CC(C)CC(=O)Nc1cncc(-c2ccc3[nH]nc(-c4cc5cnccc5[nH]4)c3n2)c1. The van der Waals surface area contributed by atoms with E-state index in [1.54, 1.807) is 18.6 Å². The number of carbonyl (C=O) groups excluding carboxylic acids is 1. The number of rotatable bonds is 5. The Morgan fingerprint density at radius 3 is 2.81 bits per heavy atom. The molecule has 154 valence electrons. The number of hydrogen-bond acceptors (Lipinski definition) is 5. The highest BCUT2D eigenvalue weighted by molar-refractivity contribution is 5.94. The predicted octanol–water partition coefficient (Wildman–Crippen LogP) is 4.55. The van der Waals surface area contributed by atoms with Gasteiger partial charge in [-0.1, -0.05) is 13.8 Å². The highest BCUT2D eigenvalue weighted by Crippen LogP contribution is 2.29. The summed E-state index contributed by atoms with van der Waals surface area (Å²) in [6.45, 7) is 4.03. The van der Waals surface area contributed by atoms with Gasteiger partial charge >= 0.3 is 0 Å². The maximum Gasteiger partial charge on any atom is 0.224 e. The maximum absolute atomic E-state index is 12.1. The Bertz CT molecular complexity index is 1370. The summed E-state index contributed by atoms with van der Waals surface area (Å²) in [5, 5.41) is 11.4. The summed E-state index contributed by atoms with van der Waals surface area (Å²) in [5.41, 5.74) is 6.41. The first-order valence-corrected chi connectivity index (χ1v) is 10.1. The number of anilines is 1.